The van der Waals surface area contributed by atoms with Gasteiger partial charge >= 0.3 is 0 Å². The van der Waals surface area contributed by atoms with Crippen LogP contribution in [0.3, 0.4) is 0 Å². The maximum atomic E-state index is 12.4. The van der Waals surface area contributed by atoms with E-state index < -0.39 is 0 Å². The second kappa shape index (κ2) is 6.29. The van der Waals surface area contributed by atoms with Gasteiger partial charge in [-0.2, -0.15) is 0 Å². The fraction of sp³-hybridized carbons (Fsp3) is 0.917. The van der Waals surface area contributed by atoms with E-state index in [4.69, 9.17) is 0 Å². The van der Waals surface area contributed by atoms with Gasteiger partial charge in [-0.1, -0.05) is 15.9 Å². The molecule has 0 aromatic carbocycles. The van der Waals surface area contributed by atoms with E-state index in [2.05, 4.69) is 20.8 Å². The third-order valence-corrected chi connectivity index (χ3v) is 5.38. The van der Waals surface area contributed by atoms with Gasteiger partial charge in [-0.3, -0.25) is 4.79 Å². The number of likely N-dealkylation sites (tertiary alicyclic amines) is 1. The molecular weight excluding hydrogens is 286 g/mol. The highest BCUT2D eigenvalue weighted by atomic mass is 79.9. The van der Waals surface area contributed by atoms with Crippen molar-refractivity contribution >= 4 is 33.6 Å². The quantitative estimate of drug-likeness (QED) is 0.747. The van der Waals surface area contributed by atoms with Gasteiger partial charge in [0.15, 0.2) is 0 Å². The number of amides is 1. The highest BCUT2D eigenvalue weighted by molar-refractivity contribution is 9.09. The maximum absolute atomic E-state index is 12.4. The zero-order valence-electron chi connectivity index (χ0n) is 9.66. The molecule has 2 heterocycles. The van der Waals surface area contributed by atoms with E-state index in [1.807, 2.05) is 11.8 Å². The van der Waals surface area contributed by atoms with Crippen LogP contribution in [0.4, 0.5) is 0 Å². The van der Waals surface area contributed by atoms with Crippen molar-refractivity contribution in [1.82, 2.24) is 4.90 Å². The number of alkyl halides is 1. The molecule has 2 nitrogen and oxygen atoms in total. The van der Waals surface area contributed by atoms with Gasteiger partial charge in [-0.15, -0.1) is 11.8 Å². The first-order valence-electron chi connectivity index (χ1n) is 6.31. The summed E-state index contributed by atoms with van der Waals surface area (Å²) in [5.74, 6) is 1.60. The highest BCUT2D eigenvalue weighted by Gasteiger charge is 2.32. The molecule has 0 aromatic heterocycles. The van der Waals surface area contributed by atoms with Crippen LogP contribution in [-0.4, -0.2) is 39.7 Å². The SMILES string of the molecule is O=C(C1CCCS1)N1CCCCC1CCBr. The van der Waals surface area contributed by atoms with Crippen molar-refractivity contribution < 1.29 is 4.79 Å². The summed E-state index contributed by atoms with van der Waals surface area (Å²) < 4.78 is 0. The molecule has 0 aliphatic carbocycles. The summed E-state index contributed by atoms with van der Waals surface area (Å²) >= 11 is 5.36. The molecule has 2 unspecified atom stereocenters. The van der Waals surface area contributed by atoms with E-state index in [1.165, 1.54) is 31.4 Å². The van der Waals surface area contributed by atoms with Crippen molar-refractivity contribution in [1.29, 1.82) is 0 Å². The Morgan fingerprint density at radius 3 is 2.88 bits per heavy atom. The van der Waals surface area contributed by atoms with Crippen molar-refractivity contribution in [3.05, 3.63) is 0 Å². The van der Waals surface area contributed by atoms with Crippen molar-refractivity contribution in [3.63, 3.8) is 0 Å². The Kier molecular flexibility index (Phi) is 5.01. The summed E-state index contributed by atoms with van der Waals surface area (Å²) in [7, 11) is 0. The Morgan fingerprint density at radius 1 is 1.31 bits per heavy atom. The number of halogens is 1. The molecule has 0 radical (unpaired) electrons. The predicted octanol–water partition coefficient (Wildman–Crippen LogP) is 3.05. The van der Waals surface area contributed by atoms with Crippen molar-refractivity contribution in [3.8, 4) is 0 Å². The minimum absolute atomic E-state index is 0.274. The van der Waals surface area contributed by atoms with Crippen LogP contribution in [0.1, 0.15) is 38.5 Å². The van der Waals surface area contributed by atoms with Crippen molar-refractivity contribution in [2.45, 2.75) is 49.8 Å². The summed E-state index contributed by atoms with van der Waals surface area (Å²) in [6.07, 6.45) is 7.12. The van der Waals surface area contributed by atoms with E-state index in [-0.39, 0.29) is 5.25 Å². The summed E-state index contributed by atoms with van der Waals surface area (Å²) in [4.78, 5) is 14.5. The molecular formula is C12H20BrNOS. The number of hydrogen-bond acceptors (Lipinski definition) is 2. The lowest BCUT2D eigenvalue weighted by Crippen LogP contribution is -2.47. The maximum Gasteiger partial charge on any atom is 0.235 e. The van der Waals surface area contributed by atoms with Crippen molar-refractivity contribution in [2.24, 2.45) is 0 Å². The van der Waals surface area contributed by atoms with Gasteiger partial charge in [-0.05, 0) is 44.3 Å². The predicted molar refractivity (Wildman–Crippen MR) is 73.2 cm³/mol. The zero-order valence-corrected chi connectivity index (χ0v) is 12.1. The van der Waals surface area contributed by atoms with Crippen LogP contribution >= 0.6 is 27.7 Å². The minimum atomic E-state index is 0.274. The van der Waals surface area contributed by atoms with Gasteiger partial charge in [0.2, 0.25) is 5.91 Å². The molecule has 2 atom stereocenters. The number of rotatable bonds is 3. The molecule has 0 N–H and O–H groups in total. The molecule has 0 bridgehead atoms. The number of piperidine rings is 1. The second-order valence-electron chi connectivity index (χ2n) is 4.66. The van der Waals surface area contributed by atoms with Crippen LogP contribution in [0.5, 0.6) is 0 Å². The smallest absolute Gasteiger partial charge is 0.235 e. The number of nitrogens with zero attached hydrogens (tertiary/aromatic N) is 1. The molecule has 0 saturated carbocycles. The molecule has 4 heteroatoms. The van der Waals surface area contributed by atoms with Gasteiger partial charge in [0.25, 0.3) is 0 Å². The first-order chi connectivity index (χ1) is 7.83. The monoisotopic (exact) mass is 305 g/mol. The topological polar surface area (TPSA) is 20.3 Å². The van der Waals surface area contributed by atoms with Crippen molar-refractivity contribution in [2.75, 3.05) is 17.6 Å². The fourth-order valence-corrected chi connectivity index (χ4v) is 4.43. The summed E-state index contributed by atoms with van der Waals surface area (Å²) in [6, 6.07) is 0.502. The number of carbonyl (C=O) groups excluding carboxylic acids is 1. The first-order valence-corrected chi connectivity index (χ1v) is 8.48. The fourth-order valence-electron chi connectivity index (χ4n) is 2.67. The molecule has 2 rings (SSSR count). The number of thioether (sulfide) groups is 1. The molecule has 1 amide bonds. The number of hydrogen-bond donors (Lipinski definition) is 0. The van der Waals surface area contributed by atoms with Gasteiger partial charge < -0.3 is 4.90 Å². The lowest BCUT2D eigenvalue weighted by Gasteiger charge is -2.37. The zero-order chi connectivity index (χ0) is 11.4. The lowest BCUT2D eigenvalue weighted by atomic mass is 9.99. The third kappa shape index (κ3) is 2.95. The first kappa shape index (κ1) is 12.7. The van der Waals surface area contributed by atoms with Crippen LogP contribution in [0.25, 0.3) is 0 Å². The van der Waals surface area contributed by atoms with Crippen LogP contribution in [0.2, 0.25) is 0 Å². The summed E-state index contributed by atoms with van der Waals surface area (Å²) in [6.45, 7) is 0.994. The van der Waals surface area contributed by atoms with E-state index in [0.29, 0.717) is 11.9 Å². The molecule has 2 fully saturated rings. The van der Waals surface area contributed by atoms with Crippen LogP contribution < -0.4 is 0 Å². The summed E-state index contributed by atoms with van der Waals surface area (Å²) in [5, 5.41) is 1.29. The molecule has 0 spiro atoms. The molecule has 92 valence electrons. The van der Waals surface area contributed by atoms with Gasteiger partial charge in [0, 0.05) is 17.9 Å². The molecule has 2 aliphatic heterocycles. The van der Waals surface area contributed by atoms with E-state index in [0.717, 1.165) is 24.7 Å². The van der Waals surface area contributed by atoms with Crippen LogP contribution in [0.15, 0.2) is 0 Å². The Bertz CT molecular complexity index is 241. The normalized spacial score (nSPS) is 30.7. The van der Waals surface area contributed by atoms with Gasteiger partial charge in [0.1, 0.15) is 0 Å². The number of carbonyl (C=O) groups is 1. The third-order valence-electron chi connectivity index (χ3n) is 3.56. The molecule has 2 saturated heterocycles. The minimum Gasteiger partial charge on any atom is -0.339 e. The molecule has 0 aromatic rings. The van der Waals surface area contributed by atoms with Gasteiger partial charge in [0.05, 0.1) is 5.25 Å². The standard InChI is InChI=1S/C12H20BrNOS/c13-7-6-10-4-1-2-8-14(10)12(15)11-5-3-9-16-11/h10-11H,1-9H2. The van der Waals surface area contributed by atoms with E-state index in [1.54, 1.807) is 0 Å². The lowest BCUT2D eigenvalue weighted by molar-refractivity contribution is -0.134. The summed E-state index contributed by atoms with van der Waals surface area (Å²) in [5.41, 5.74) is 0. The average molecular weight is 306 g/mol. The molecule has 2 aliphatic rings. The Balaban J connectivity index is 1.95. The Morgan fingerprint density at radius 2 is 2.19 bits per heavy atom. The van der Waals surface area contributed by atoms with E-state index >= 15 is 0 Å². The highest BCUT2D eigenvalue weighted by Crippen LogP contribution is 2.30. The van der Waals surface area contributed by atoms with Gasteiger partial charge in [-0.25, -0.2) is 0 Å². The van der Waals surface area contributed by atoms with Crippen LogP contribution in [0, 0.1) is 0 Å². The van der Waals surface area contributed by atoms with E-state index in [9.17, 15) is 4.79 Å². The average Bonchev–Trinajstić information content (AvgIpc) is 2.83. The molecule has 16 heavy (non-hydrogen) atoms. The van der Waals surface area contributed by atoms with Crippen LogP contribution in [-0.2, 0) is 4.79 Å². The largest absolute Gasteiger partial charge is 0.339 e. The Labute approximate surface area is 111 Å². The second-order valence-corrected chi connectivity index (χ2v) is 6.76. The Hall–Kier alpha value is 0.300.